The number of nitrogens with zero attached hydrogens (tertiary/aromatic N) is 2. The van der Waals surface area contributed by atoms with Crippen molar-refractivity contribution in [1.82, 2.24) is 14.9 Å². The second-order valence-corrected chi connectivity index (χ2v) is 6.48. The molecule has 2 heterocycles. The highest BCUT2D eigenvalue weighted by Crippen LogP contribution is 2.33. The number of amides is 1. The van der Waals surface area contributed by atoms with Crippen LogP contribution in [0.15, 0.2) is 41.3 Å². The number of imidazole rings is 1. The van der Waals surface area contributed by atoms with Crippen LogP contribution in [-0.4, -0.2) is 28.6 Å². The highest BCUT2D eigenvalue weighted by molar-refractivity contribution is 6.00. The number of carbonyl (C=O) groups is 1. The molecule has 0 radical (unpaired) electrons. The summed E-state index contributed by atoms with van der Waals surface area (Å²) in [6.07, 6.45) is 8.61. The number of hydrogen-bond donors (Lipinski definition) is 1. The van der Waals surface area contributed by atoms with Gasteiger partial charge in [0, 0.05) is 23.3 Å². The number of hydrogen-bond acceptors (Lipinski definition) is 4. The van der Waals surface area contributed by atoms with Crippen molar-refractivity contribution < 1.29 is 13.9 Å². The SMILES string of the molecule is COc1cccc2c(C)c(C(=O)N[C@@H]3CCC[C@@H]3n3ccnc3)oc12. The third kappa shape index (κ3) is 2.67. The molecular formula is C19H21N3O3. The van der Waals surface area contributed by atoms with Crippen LogP contribution in [0.2, 0.25) is 0 Å². The smallest absolute Gasteiger partial charge is 0.287 e. The summed E-state index contributed by atoms with van der Waals surface area (Å²) in [4.78, 5) is 17.0. The van der Waals surface area contributed by atoms with Crippen LogP contribution in [-0.2, 0) is 0 Å². The van der Waals surface area contributed by atoms with Crippen molar-refractivity contribution in [2.45, 2.75) is 38.3 Å². The lowest BCUT2D eigenvalue weighted by Gasteiger charge is -2.21. The molecule has 25 heavy (non-hydrogen) atoms. The summed E-state index contributed by atoms with van der Waals surface area (Å²) in [6, 6.07) is 6.00. The zero-order chi connectivity index (χ0) is 17.4. The van der Waals surface area contributed by atoms with Gasteiger partial charge in [-0.25, -0.2) is 4.98 Å². The zero-order valence-electron chi connectivity index (χ0n) is 14.4. The van der Waals surface area contributed by atoms with Gasteiger partial charge in [0.15, 0.2) is 17.1 Å². The van der Waals surface area contributed by atoms with Gasteiger partial charge in [-0.15, -0.1) is 0 Å². The van der Waals surface area contributed by atoms with Gasteiger partial charge in [0.1, 0.15) is 0 Å². The third-order valence-corrected chi connectivity index (χ3v) is 5.06. The number of furan rings is 1. The Morgan fingerprint density at radius 1 is 1.40 bits per heavy atom. The minimum Gasteiger partial charge on any atom is -0.493 e. The van der Waals surface area contributed by atoms with Gasteiger partial charge in [-0.3, -0.25) is 4.79 Å². The average Bonchev–Trinajstić information content (AvgIpc) is 3.34. The first-order valence-electron chi connectivity index (χ1n) is 8.53. The molecule has 0 spiro atoms. The average molecular weight is 339 g/mol. The lowest BCUT2D eigenvalue weighted by molar-refractivity contribution is 0.0902. The fraction of sp³-hybridized carbons (Fsp3) is 0.368. The highest BCUT2D eigenvalue weighted by atomic mass is 16.5. The number of benzene rings is 1. The third-order valence-electron chi connectivity index (χ3n) is 5.06. The van der Waals surface area contributed by atoms with Crippen molar-refractivity contribution in [2.24, 2.45) is 0 Å². The number of para-hydroxylation sites is 1. The Morgan fingerprint density at radius 2 is 2.28 bits per heavy atom. The van der Waals surface area contributed by atoms with Crippen LogP contribution in [0.5, 0.6) is 5.75 Å². The molecule has 2 atom stereocenters. The summed E-state index contributed by atoms with van der Waals surface area (Å²) < 4.78 is 13.3. The number of nitrogens with one attached hydrogen (secondary N) is 1. The quantitative estimate of drug-likeness (QED) is 0.790. The Balaban J connectivity index is 1.61. The Labute approximate surface area is 145 Å². The summed E-state index contributed by atoms with van der Waals surface area (Å²) in [6.45, 7) is 1.90. The van der Waals surface area contributed by atoms with Crippen LogP contribution in [0.3, 0.4) is 0 Å². The van der Waals surface area contributed by atoms with E-state index < -0.39 is 0 Å². The summed E-state index contributed by atoms with van der Waals surface area (Å²) in [5.74, 6) is 0.820. The molecule has 1 aliphatic carbocycles. The van der Waals surface area contributed by atoms with Crippen molar-refractivity contribution in [3.05, 3.63) is 48.2 Å². The largest absolute Gasteiger partial charge is 0.493 e. The van der Waals surface area contributed by atoms with Crippen LogP contribution < -0.4 is 10.1 Å². The van der Waals surface area contributed by atoms with E-state index in [9.17, 15) is 4.79 Å². The van der Waals surface area contributed by atoms with E-state index in [1.165, 1.54) is 0 Å². The number of aromatic nitrogens is 2. The maximum absolute atomic E-state index is 12.8. The van der Waals surface area contributed by atoms with Crippen LogP contribution in [0.4, 0.5) is 0 Å². The van der Waals surface area contributed by atoms with E-state index in [-0.39, 0.29) is 18.0 Å². The number of fused-ring (bicyclic) bond motifs is 1. The van der Waals surface area contributed by atoms with Gasteiger partial charge in [0.25, 0.3) is 5.91 Å². The molecule has 1 saturated carbocycles. The number of aryl methyl sites for hydroxylation is 1. The molecule has 0 bridgehead atoms. The highest BCUT2D eigenvalue weighted by Gasteiger charge is 2.31. The summed E-state index contributed by atoms with van der Waals surface area (Å²) >= 11 is 0. The van der Waals surface area contributed by atoms with E-state index in [1.54, 1.807) is 13.3 Å². The van der Waals surface area contributed by atoms with Gasteiger partial charge in [-0.1, -0.05) is 12.1 Å². The van der Waals surface area contributed by atoms with Crippen molar-refractivity contribution in [1.29, 1.82) is 0 Å². The second-order valence-electron chi connectivity index (χ2n) is 6.48. The van der Waals surface area contributed by atoms with Crippen LogP contribution in [0, 0.1) is 6.92 Å². The Hall–Kier alpha value is -2.76. The Bertz CT molecular complexity index is 898. The first-order chi connectivity index (χ1) is 12.2. The molecule has 1 amide bonds. The normalized spacial score (nSPS) is 20.1. The number of ether oxygens (including phenoxy) is 1. The summed E-state index contributed by atoms with van der Waals surface area (Å²) in [5, 5.41) is 4.06. The van der Waals surface area contributed by atoms with Gasteiger partial charge >= 0.3 is 0 Å². The van der Waals surface area contributed by atoms with E-state index in [2.05, 4.69) is 14.9 Å². The fourth-order valence-electron chi connectivity index (χ4n) is 3.76. The van der Waals surface area contributed by atoms with E-state index in [1.807, 2.05) is 37.6 Å². The molecule has 2 aromatic heterocycles. The van der Waals surface area contributed by atoms with Gasteiger partial charge < -0.3 is 19.0 Å². The number of carbonyl (C=O) groups excluding carboxylic acids is 1. The predicted molar refractivity (Wildman–Crippen MR) is 93.9 cm³/mol. The van der Waals surface area contributed by atoms with Crippen molar-refractivity contribution >= 4 is 16.9 Å². The summed E-state index contributed by atoms with van der Waals surface area (Å²) in [7, 11) is 1.60. The van der Waals surface area contributed by atoms with Crippen LogP contribution in [0.25, 0.3) is 11.0 Å². The van der Waals surface area contributed by atoms with Crippen molar-refractivity contribution in [3.8, 4) is 5.75 Å². The lowest BCUT2D eigenvalue weighted by Crippen LogP contribution is -2.38. The molecule has 0 aliphatic heterocycles. The second kappa shape index (κ2) is 6.27. The summed E-state index contributed by atoms with van der Waals surface area (Å²) in [5.41, 5.74) is 1.45. The van der Waals surface area contributed by atoms with E-state index in [0.717, 1.165) is 30.2 Å². The number of methoxy groups -OCH3 is 1. The molecule has 4 rings (SSSR count). The molecule has 130 valence electrons. The van der Waals surface area contributed by atoms with Gasteiger partial charge in [-0.05, 0) is 32.3 Å². The molecule has 6 nitrogen and oxygen atoms in total. The molecule has 1 aliphatic rings. The van der Waals surface area contributed by atoms with Crippen LogP contribution >= 0.6 is 0 Å². The minimum absolute atomic E-state index is 0.0798. The molecule has 6 heteroatoms. The van der Waals surface area contributed by atoms with Gasteiger partial charge in [0.05, 0.1) is 25.5 Å². The standard InChI is InChI=1S/C19H21N3O3/c1-12-13-5-3-8-16(24-2)18(13)25-17(12)19(23)21-14-6-4-7-15(14)22-10-9-20-11-22/h3,5,8-11,14-15H,4,6-7H2,1-2H3,(H,21,23)/t14-,15+/m1/s1. The molecule has 0 unspecified atom stereocenters. The predicted octanol–water partition coefficient (Wildman–Crippen LogP) is 3.47. The van der Waals surface area contributed by atoms with E-state index >= 15 is 0 Å². The van der Waals surface area contributed by atoms with E-state index in [4.69, 9.17) is 9.15 Å². The molecule has 1 fully saturated rings. The molecule has 0 saturated heterocycles. The maximum Gasteiger partial charge on any atom is 0.287 e. The first kappa shape index (κ1) is 15.7. The van der Waals surface area contributed by atoms with Gasteiger partial charge in [0.2, 0.25) is 0 Å². The topological polar surface area (TPSA) is 69.3 Å². The lowest BCUT2D eigenvalue weighted by atomic mass is 10.1. The van der Waals surface area contributed by atoms with E-state index in [0.29, 0.717) is 17.1 Å². The Kier molecular flexibility index (Phi) is 3.95. The first-order valence-corrected chi connectivity index (χ1v) is 8.53. The maximum atomic E-state index is 12.8. The molecule has 3 aromatic rings. The van der Waals surface area contributed by atoms with Crippen LogP contribution in [0.1, 0.15) is 41.4 Å². The van der Waals surface area contributed by atoms with Gasteiger partial charge in [-0.2, -0.15) is 0 Å². The number of rotatable bonds is 4. The molecule has 1 aromatic carbocycles. The fourth-order valence-corrected chi connectivity index (χ4v) is 3.76. The minimum atomic E-state index is -0.173. The molecule has 1 N–H and O–H groups in total. The zero-order valence-corrected chi connectivity index (χ0v) is 14.4. The molecular weight excluding hydrogens is 318 g/mol. The Morgan fingerprint density at radius 3 is 3.04 bits per heavy atom. The monoisotopic (exact) mass is 339 g/mol. The van der Waals surface area contributed by atoms with Crippen molar-refractivity contribution in [3.63, 3.8) is 0 Å². The van der Waals surface area contributed by atoms with Crippen molar-refractivity contribution in [2.75, 3.05) is 7.11 Å².